The Balaban J connectivity index is 1.69. The Morgan fingerprint density at radius 1 is 1.36 bits per heavy atom. The molecule has 1 fully saturated rings. The molecule has 0 saturated heterocycles. The molecule has 2 N–H and O–H groups in total. The number of hydrogen-bond acceptors (Lipinski definition) is 7. The Bertz CT molecular complexity index is 722. The van der Waals surface area contributed by atoms with E-state index in [2.05, 4.69) is 20.4 Å². The first-order valence-electron chi connectivity index (χ1n) is 9.41. The molecule has 0 bridgehead atoms. The number of hydrazone groups is 1. The largest absolute Gasteiger partial charge is 0.308 e. The number of hydroxylamine groups is 2. The lowest BCUT2D eigenvalue weighted by atomic mass is 9.92. The molecule has 1 aromatic heterocycles. The Labute approximate surface area is 162 Å². The molecule has 28 heavy (non-hydrogen) atoms. The van der Waals surface area contributed by atoms with E-state index in [0.29, 0.717) is 17.4 Å². The van der Waals surface area contributed by atoms with Crippen molar-refractivity contribution in [3.05, 3.63) is 18.6 Å². The predicted octanol–water partition coefficient (Wildman–Crippen LogP) is 1.05. The molecule has 0 aromatic carbocycles. The average Bonchev–Trinajstić information content (AvgIpc) is 3.39. The van der Waals surface area contributed by atoms with Crippen LogP contribution in [0.5, 0.6) is 0 Å². The van der Waals surface area contributed by atoms with E-state index in [1.165, 1.54) is 24.8 Å². The van der Waals surface area contributed by atoms with Gasteiger partial charge in [0.25, 0.3) is 5.91 Å². The molecule has 0 unspecified atom stereocenters. The summed E-state index contributed by atoms with van der Waals surface area (Å²) in [7, 11) is 0. The lowest BCUT2D eigenvalue weighted by Gasteiger charge is -2.28. The zero-order valence-corrected chi connectivity index (χ0v) is 15.5. The van der Waals surface area contributed by atoms with Crippen LogP contribution in [-0.2, 0) is 14.4 Å². The van der Waals surface area contributed by atoms with Gasteiger partial charge in [-0.2, -0.15) is 5.10 Å². The van der Waals surface area contributed by atoms with Gasteiger partial charge < -0.3 is 5.32 Å². The molecule has 0 radical (unpaired) electrons. The molecule has 2 aliphatic rings. The second-order valence-corrected chi connectivity index (χ2v) is 7.12. The van der Waals surface area contributed by atoms with Gasteiger partial charge in [-0.1, -0.05) is 25.7 Å². The van der Waals surface area contributed by atoms with Crippen molar-refractivity contribution in [3.63, 3.8) is 0 Å². The van der Waals surface area contributed by atoms with Crippen molar-refractivity contribution >= 4 is 30.3 Å². The van der Waals surface area contributed by atoms with Crippen LogP contribution in [0.3, 0.4) is 0 Å². The fourth-order valence-electron chi connectivity index (χ4n) is 3.77. The minimum atomic E-state index is -0.802. The summed E-state index contributed by atoms with van der Waals surface area (Å²) in [6.45, 7) is -0.122. The van der Waals surface area contributed by atoms with E-state index in [1.54, 1.807) is 0 Å². The molecule has 1 saturated carbocycles. The van der Waals surface area contributed by atoms with Gasteiger partial charge >= 0.3 is 0 Å². The number of hydrogen-bond donors (Lipinski definition) is 2. The maximum atomic E-state index is 13.1. The number of amides is 3. The zero-order valence-electron chi connectivity index (χ0n) is 15.5. The lowest BCUT2D eigenvalue weighted by Crippen LogP contribution is -2.46. The van der Waals surface area contributed by atoms with Gasteiger partial charge in [-0.3, -0.25) is 24.6 Å². The third kappa shape index (κ3) is 4.89. The molecule has 10 nitrogen and oxygen atoms in total. The van der Waals surface area contributed by atoms with Crippen LogP contribution in [0.4, 0.5) is 5.82 Å². The second kappa shape index (κ2) is 9.36. The van der Waals surface area contributed by atoms with Gasteiger partial charge in [-0.15, -0.1) is 0 Å². The Morgan fingerprint density at radius 2 is 2.14 bits per heavy atom. The van der Waals surface area contributed by atoms with E-state index < -0.39 is 17.9 Å². The van der Waals surface area contributed by atoms with E-state index >= 15 is 0 Å². The second-order valence-electron chi connectivity index (χ2n) is 7.12. The molecule has 150 valence electrons. The van der Waals surface area contributed by atoms with Crippen molar-refractivity contribution in [1.82, 2.24) is 20.0 Å². The van der Waals surface area contributed by atoms with Gasteiger partial charge in [0.1, 0.15) is 6.04 Å². The fourth-order valence-corrected chi connectivity index (χ4v) is 3.77. The van der Waals surface area contributed by atoms with Crippen LogP contribution < -0.4 is 5.32 Å². The van der Waals surface area contributed by atoms with Crippen molar-refractivity contribution in [2.75, 3.05) is 11.9 Å². The predicted molar refractivity (Wildman–Crippen MR) is 99.0 cm³/mol. The van der Waals surface area contributed by atoms with Crippen LogP contribution in [0.25, 0.3) is 0 Å². The SMILES string of the molecule is O=CN(O)C[C@@H](CC1CCCC1)C(=O)N1N=CC[C@H]1C(=O)Nc1cnccn1. The first-order valence-corrected chi connectivity index (χ1v) is 9.41. The third-order valence-corrected chi connectivity index (χ3v) is 5.14. The fraction of sp³-hybridized carbons (Fsp3) is 0.556. The molecule has 2 heterocycles. The van der Waals surface area contributed by atoms with Crippen LogP contribution >= 0.6 is 0 Å². The van der Waals surface area contributed by atoms with Crippen molar-refractivity contribution in [3.8, 4) is 0 Å². The summed E-state index contributed by atoms with van der Waals surface area (Å²) in [5, 5.41) is 18.0. The highest BCUT2D eigenvalue weighted by Gasteiger charge is 2.38. The lowest BCUT2D eigenvalue weighted by molar-refractivity contribution is -0.158. The van der Waals surface area contributed by atoms with Crippen molar-refractivity contribution < 1.29 is 19.6 Å². The quantitative estimate of drug-likeness (QED) is 0.389. The van der Waals surface area contributed by atoms with Crippen LogP contribution in [0.15, 0.2) is 23.7 Å². The van der Waals surface area contributed by atoms with Crippen molar-refractivity contribution in [1.29, 1.82) is 0 Å². The maximum absolute atomic E-state index is 13.1. The zero-order chi connectivity index (χ0) is 19.9. The molecule has 10 heteroatoms. The van der Waals surface area contributed by atoms with Gasteiger partial charge in [-0.05, 0) is 12.3 Å². The molecule has 3 amide bonds. The van der Waals surface area contributed by atoms with Gasteiger partial charge in [0, 0.05) is 25.0 Å². The highest BCUT2D eigenvalue weighted by atomic mass is 16.5. The average molecular weight is 388 g/mol. The van der Waals surface area contributed by atoms with Crippen LogP contribution in [0, 0.1) is 11.8 Å². The summed E-state index contributed by atoms with van der Waals surface area (Å²) in [5.41, 5.74) is 0. The Hall–Kier alpha value is -2.88. The number of rotatable bonds is 8. The molecule has 2 atom stereocenters. The van der Waals surface area contributed by atoms with Gasteiger partial charge in [0.15, 0.2) is 5.82 Å². The van der Waals surface area contributed by atoms with E-state index in [1.807, 2.05) is 0 Å². The standard InChI is InChI=1S/C18H24N6O4/c25-12-23(28)11-14(9-13-3-1-2-4-13)18(27)24-15(5-6-21-24)17(26)22-16-10-19-7-8-20-16/h6-8,10,12-15,28H,1-5,9,11H2,(H,20,22,26)/t14-,15+/m1/s1. The molecule has 0 spiro atoms. The number of nitrogens with zero attached hydrogens (tertiary/aromatic N) is 5. The van der Waals surface area contributed by atoms with Crippen LogP contribution in [-0.4, -0.2) is 62.3 Å². The topological polar surface area (TPSA) is 128 Å². The van der Waals surface area contributed by atoms with Crippen LogP contribution in [0.1, 0.15) is 38.5 Å². The minimum Gasteiger partial charge on any atom is -0.308 e. The monoisotopic (exact) mass is 388 g/mol. The first-order chi connectivity index (χ1) is 13.6. The number of anilines is 1. The summed E-state index contributed by atoms with van der Waals surface area (Å²) < 4.78 is 0. The molecular weight excluding hydrogens is 364 g/mol. The summed E-state index contributed by atoms with van der Waals surface area (Å²) in [6, 6.07) is -0.802. The summed E-state index contributed by atoms with van der Waals surface area (Å²) in [5.74, 6) is -0.757. The molecule has 3 rings (SSSR count). The summed E-state index contributed by atoms with van der Waals surface area (Å²) >= 11 is 0. The highest BCUT2D eigenvalue weighted by Crippen LogP contribution is 2.32. The molecule has 1 aliphatic carbocycles. The number of aromatic nitrogens is 2. The summed E-state index contributed by atoms with van der Waals surface area (Å²) in [4.78, 5) is 44.4. The normalized spacial score (nSPS) is 20.2. The minimum absolute atomic E-state index is 0.122. The Kier molecular flexibility index (Phi) is 6.64. The third-order valence-electron chi connectivity index (χ3n) is 5.14. The maximum Gasteiger partial charge on any atom is 0.250 e. The van der Waals surface area contributed by atoms with Gasteiger partial charge in [0.05, 0.1) is 18.7 Å². The molecular formula is C18H24N6O4. The smallest absolute Gasteiger partial charge is 0.250 e. The summed E-state index contributed by atoms with van der Waals surface area (Å²) in [6.07, 6.45) is 11.3. The molecule has 1 aliphatic heterocycles. The van der Waals surface area contributed by atoms with E-state index in [4.69, 9.17) is 0 Å². The van der Waals surface area contributed by atoms with Gasteiger partial charge in [-0.25, -0.2) is 15.1 Å². The van der Waals surface area contributed by atoms with Crippen molar-refractivity contribution in [2.45, 2.75) is 44.6 Å². The van der Waals surface area contributed by atoms with Gasteiger partial charge in [0.2, 0.25) is 12.3 Å². The number of carbonyl (C=O) groups excluding carboxylic acids is 3. The number of nitrogens with one attached hydrogen (secondary N) is 1. The number of carbonyl (C=O) groups is 3. The van der Waals surface area contributed by atoms with Crippen LogP contribution in [0.2, 0.25) is 0 Å². The van der Waals surface area contributed by atoms with E-state index in [0.717, 1.165) is 30.7 Å². The Morgan fingerprint density at radius 3 is 2.82 bits per heavy atom. The first kappa shape index (κ1) is 19.9. The highest BCUT2D eigenvalue weighted by molar-refractivity contribution is 5.99. The van der Waals surface area contributed by atoms with E-state index in [9.17, 15) is 19.6 Å². The van der Waals surface area contributed by atoms with E-state index in [-0.39, 0.29) is 31.1 Å². The van der Waals surface area contributed by atoms with Crippen molar-refractivity contribution in [2.24, 2.45) is 16.9 Å². The molecule has 1 aromatic rings.